The zero-order valence-corrected chi connectivity index (χ0v) is 22.6. The number of halogens is 2. The van der Waals surface area contributed by atoms with E-state index in [0.717, 1.165) is 37.9 Å². The molecule has 0 saturated carbocycles. The predicted octanol–water partition coefficient (Wildman–Crippen LogP) is 6.23. The van der Waals surface area contributed by atoms with E-state index in [2.05, 4.69) is 51.2 Å². The van der Waals surface area contributed by atoms with Crippen molar-refractivity contribution in [3.05, 3.63) is 81.8 Å². The van der Waals surface area contributed by atoms with Gasteiger partial charge in [-0.05, 0) is 60.0 Å². The van der Waals surface area contributed by atoms with Gasteiger partial charge in [0.05, 0.1) is 13.2 Å². The zero-order valence-electron chi connectivity index (χ0n) is 20.2. The van der Waals surface area contributed by atoms with E-state index in [4.69, 9.17) is 14.4 Å². The molecule has 1 N–H and O–H groups in total. The van der Waals surface area contributed by atoms with Crippen LogP contribution < -0.4 is 0 Å². The highest BCUT2D eigenvalue weighted by atomic mass is 79.9. The summed E-state index contributed by atoms with van der Waals surface area (Å²) in [7, 11) is 3.45. The van der Waals surface area contributed by atoms with Gasteiger partial charge in [-0.3, -0.25) is 9.69 Å². The normalized spacial score (nSPS) is 10.9. The van der Waals surface area contributed by atoms with E-state index >= 15 is 0 Å². The SMILES string of the molecule is COCc1cc(-c2nc(-c3ccc(CN(C)CC(=O)O)c(Br)c3)no2)ccc1-c1ccccc1C.Cl. The number of hydrogen-bond donors (Lipinski definition) is 1. The van der Waals surface area contributed by atoms with Gasteiger partial charge in [-0.2, -0.15) is 4.98 Å². The fourth-order valence-electron chi connectivity index (χ4n) is 3.99. The molecule has 4 rings (SSSR count). The molecule has 0 atom stereocenters. The lowest BCUT2D eigenvalue weighted by Gasteiger charge is -2.15. The summed E-state index contributed by atoms with van der Waals surface area (Å²) < 4.78 is 11.9. The van der Waals surface area contributed by atoms with E-state index < -0.39 is 5.97 Å². The van der Waals surface area contributed by atoms with Crippen LogP contribution in [0.25, 0.3) is 34.0 Å². The summed E-state index contributed by atoms with van der Waals surface area (Å²) in [6.07, 6.45) is 0. The third kappa shape index (κ3) is 6.39. The Hall–Kier alpha value is -3.04. The Bertz CT molecular complexity index is 1360. The molecule has 1 aromatic heterocycles. The average molecular weight is 573 g/mol. The first-order chi connectivity index (χ1) is 16.9. The van der Waals surface area contributed by atoms with Crippen molar-refractivity contribution in [3.8, 4) is 34.0 Å². The molecule has 3 aromatic carbocycles. The lowest BCUT2D eigenvalue weighted by molar-refractivity contribution is -0.138. The monoisotopic (exact) mass is 571 g/mol. The topological polar surface area (TPSA) is 88.7 Å². The van der Waals surface area contributed by atoms with E-state index in [1.165, 1.54) is 5.56 Å². The van der Waals surface area contributed by atoms with Crippen LogP contribution in [0, 0.1) is 6.92 Å². The summed E-state index contributed by atoms with van der Waals surface area (Å²) in [6, 6.07) is 20.1. The smallest absolute Gasteiger partial charge is 0.317 e. The molecule has 0 aliphatic carbocycles. The van der Waals surface area contributed by atoms with Crippen molar-refractivity contribution in [1.82, 2.24) is 15.0 Å². The Labute approximate surface area is 224 Å². The Morgan fingerprint density at radius 1 is 1.06 bits per heavy atom. The molecule has 9 heteroatoms. The van der Waals surface area contributed by atoms with E-state index in [1.54, 1.807) is 19.1 Å². The largest absolute Gasteiger partial charge is 0.480 e. The summed E-state index contributed by atoms with van der Waals surface area (Å²) in [5.74, 6) is 0.0395. The van der Waals surface area contributed by atoms with Gasteiger partial charge >= 0.3 is 5.97 Å². The van der Waals surface area contributed by atoms with E-state index in [1.807, 2.05) is 42.5 Å². The number of nitrogens with zero attached hydrogens (tertiary/aromatic N) is 3. The van der Waals surface area contributed by atoms with Gasteiger partial charge < -0.3 is 14.4 Å². The highest BCUT2D eigenvalue weighted by Crippen LogP contribution is 2.32. The number of likely N-dealkylation sites (N-methyl/N-ethyl adjacent to an activating group) is 1. The van der Waals surface area contributed by atoms with Crippen LogP contribution in [0.5, 0.6) is 0 Å². The third-order valence-corrected chi connectivity index (χ3v) is 6.41. The maximum Gasteiger partial charge on any atom is 0.317 e. The van der Waals surface area contributed by atoms with Gasteiger partial charge in [-0.15, -0.1) is 12.4 Å². The molecule has 0 radical (unpaired) electrons. The van der Waals surface area contributed by atoms with Gasteiger partial charge in [-0.1, -0.05) is 63.6 Å². The van der Waals surface area contributed by atoms with Gasteiger partial charge in [0.2, 0.25) is 5.82 Å². The summed E-state index contributed by atoms with van der Waals surface area (Å²) >= 11 is 3.58. The van der Waals surface area contributed by atoms with Crippen LogP contribution in [0.3, 0.4) is 0 Å². The number of aliphatic carboxylic acids is 1. The van der Waals surface area contributed by atoms with Crippen molar-refractivity contribution in [3.63, 3.8) is 0 Å². The maximum atomic E-state index is 10.9. The van der Waals surface area contributed by atoms with Crippen molar-refractivity contribution < 1.29 is 19.2 Å². The average Bonchev–Trinajstić information content (AvgIpc) is 3.31. The highest BCUT2D eigenvalue weighted by Gasteiger charge is 2.16. The Morgan fingerprint density at radius 2 is 1.81 bits per heavy atom. The molecule has 36 heavy (non-hydrogen) atoms. The predicted molar refractivity (Wildman–Crippen MR) is 145 cm³/mol. The summed E-state index contributed by atoms with van der Waals surface area (Å²) in [5.41, 5.74) is 7.09. The molecule has 188 valence electrons. The number of aryl methyl sites for hydroxylation is 1. The number of carboxylic acids is 1. The third-order valence-electron chi connectivity index (χ3n) is 5.67. The van der Waals surface area contributed by atoms with E-state index in [9.17, 15) is 4.79 Å². The second kappa shape index (κ2) is 12.3. The second-order valence-corrected chi connectivity index (χ2v) is 9.27. The van der Waals surface area contributed by atoms with Crippen molar-refractivity contribution in [2.24, 2.45) is 0 Å². The molecule has 7 nitrogen and oxygen atoms in total. The Morgan fingerprint density at radius 3 is 2.50 bits per heavy atom. The minimum absolute atomic E-state index is 0. The van der Waals surface area contributed by atoms with Gasteiger partial charge in [0.25, 0.3) is 5.89 Å². The van der Waals surface area contributed by atoms with Crippen LogP contribution in [0.2, 0.25) is 0 Å². The van der Waals surface area contributed by atoms with Crippen LogP contribution in [0.1, 0.15) is 16.7 Å². The Kier molecular flexibility index (Phi) is 9.39. The first-order valence-corrected chi connectivity index (χ1v) is 11.9. The number of aromatic nitrogens is 2. The van der Waals surface area contributed by atoms with Gasteiger partial charge in [0.1, 0.15) is 0 Å². The number of ether oxygens (including phenoxy) is 1. The van der Waals surface area contributed by atoms with Crippen LogP contribution in [0.4, 0.5) is 0 Å². The second-order valence-electron chi connectivity index (χ2n) is 8.42. The number of methoxy groups -OCH3 is 1. The van der Waals surface area contributed by atoms with Crippen molar-refractivity contribution in [2.75, 3.05) is 20.7 Å². The van der Waals surface area contributed by atoms with Crippen LogP contribution in [-0.2, 0) is 22.7 Å². The first-order valence-electron chi connectivity index (χ1n) is 11.1. The van der Waals surface area contributed by atoms with Gasteiger partial charge in [-0.25, -0.2) is 0 Å². The van der Waals surface area contributed by atoms with Crippen LogP contribution >= 0.6 is 28.3 Å². The molecule has 0 fully saturated rings. The lowest BCUT2D eigenvalue weighted by Crippen LogP contribution is -2.25. The number of carboxylic acid groups (broad SMARTS) is 1. The van der Waals surface area contributed by atoms with Gasteiger partial charge in [0, 0.05) is 29.3 Å². The molecule has 0 bridgehead atoms. The number of benzene rings is 3. The molecule has 0 aliphatic rings. The van der Waals surface area contributed by atoms with E-state index in [-0.39, 0.29) is 19.0 Å². The molecule has 0 saturated heterocycles. The fraction of sp³-hybridized carbons (Fsp3) is 0.222. The minimum atomic E-state index is -0.861. The lowest BCUT2D eigenvalue weighted by atomic mass is 9.94. The van der Waals surface area contributed by atoms with Crippen molar-refractivity contribution in [1.29, 1.82) is 0 Å². The number of carbonyl (C=O) groups is 1. The van der Waals surface area contributed by atoms with Crippen LogP contribution in [0.15, 0.2) is 69.7 Å². The number of rotatable bonds is 9. The van der Waals surface area contributed by atoms with Crippen molar-refractivity contribution in [2.45, 2.75) is 20.1 Å². The molecular weight excluding hydrogens is 546 g/mol. The number of hydrogen-bond acceptors (Lipinski definition) is 6. The molecule has 0 unspecified atom stereocenters. The van der Waals surface area contributed by atoms with E-state index in [0.29, 0.717) is 24.9 Å². The summed E-state index contributed by atoms with van der Waals surface area (Å²) in [4.78, 5) is 17.3. The quantitative estimate of drug-likeness (QED) is 0.254. The highest BCUT2D eigenvalue weighted by molar-refractivity contribution is 9.10. The van der Waals surface area contributed by atoms with Crippen LogP contribution in [-0.4, -0.2) is 46.8 Å². The minimum Gasteiger partial charge on any atom is -0.480 e. The summed E-state index contributed by atoms with van der Waals surface area (Å²) in [5, 5.41) is 13.1. The molecule has 0 amide bonds. The molecular formula is C27H27BrClN3O4. The fourth-order valence-corrected chi connectivity index (χ4v) is 4.49. The van der Waals surface area contributed by atoms with Gasteiger partial charge in [0.15, 0.2) is 0 Å². The molecule has 4 aromatic rings. The summed E-state index contributed by atoms with van der Waals surface area (Å²) in [6.45, 7) is 3.02. The molecule has 0 aliphatic heterocycles. The zero-order chi connectivity index (χ0) is 24.9. The maximum absolute atomic E-state index is 10.9. The molecule has 0 spiro atoms. The molecule has 1 heterocycles. The first kappa shape index (κ1) is 27.5. The Balaban J connectivity index is 0.00000361. The standard InChI is InChI=1S/C27H26BrN3O4.ClH/c1-17-6-4-5-7-22(17)23-11-10-19(12-21(23)16-34-3)27-29-26(30-35-27)18-8-9-20(24(28)13-18)14-31(2)15-25(32)33;/h4-13H,14-16H2,1-3H3,(H,32,33);1H. The van der Waals surface area contributed by atoms with Crippen molar-refractivity contribution >= 4 is 34.3 Å².